The van der Waals surface area contributed by atoms with E-state index in [2.05, 4.69) is 0 Å². The van der Waals surface area contributed by atoms with Crippen molar-refractivity contribution < 1.29 is 14.3 Å². The SMILES string of the molecule is CC(=O)CC1CCCN(C(=O)OC(C)(C)C)CC1. The predicted octanol–water partition coefficient (Wildman–Crippen LogP) is 3.00. The van der Waals surface area contributed by atoms with Crippen molar-refractivity contribution in [1.29, 1.82) is 0 Å². The lowest BCUT2D eigenvalue weighted by Crippen LogP contribution is -2.37. The summed E-state index contributed by atoms with van der Waals surface area (Å²) < 4.78 is 5.37. The molecule has 1 atom stereocenters. The molecule has 1 saturated heterocycles. The number of hydrogen-bond donors (Lipinski definition) is 0. The number of carbonyl (C=O) groups excluding carboxylic acids is 2. The Labute approximate surface area is 110 Å². The molecule has 0 aromatic heterocycles. The number of ketones is 1. The number of hydrogen-bond acceptors (Lipinski definition) is 3. The number of ether oxygens (including phenoxy) is 1. The third-order valence-corrected chi connectivity index (χ3v) is 3.08. The molecule has 0 saturated carbocycles. The summed E-state index contributed by atoms with van der Waals surface area (Å²) in [5.41, 5.74) is -0.442. The zero-order chi connectivity index (χ0) is 13.8. The van der Waals surface area contributed by atoms with E-state index in [0.717, 1.165) is 25.8 Å². The van der Waals surface area contributed by atoms with Crippen molar-refractivity contribution in [3.05, 3.63) is 0 Å². The predicted molar refractivity (Wildman–Crippen MR) is 70.4 cm³/mol. The number of Topliss-reactive ketones (excluding diaryl/α,β-unsaturated/α-hetero) is 1. The zero-order valence-corrected chi connectivity index (χ0v) is 12.0. The fourth-order valence-electron chi connectivity index (χ4n) is 2.29. The molecule has 0 N–H and O–H groups in total. The van der Waals surface area contributed by atoms with Gasteiger partial charge in [0.25, 0.3) is 0 Å². The highest BCUT2D eigenvalue weighted by Crippen LogP contribution is 2.22. The van der Waals surface area contributed by atoms with E-state index in [1.165, 1.54) is 0 Å². The highest BCUT2D eigenvalue weighted by Gasteiger charge is 2.25. The van der Waals surface area contributed by atoms with Crippen LogP contribution in [0.1, 0.15) is 53.4 Å². The number of nitrogens with zero attached hydrogens (tertiary/aromatic N) is 1. The van der Waals surface area contributed by atoms with Crippen LogP contribution in [0.25, 0.3) is 0 Å². The van der Waals surface area contributed by atoms with Crippen LogP contribution in [0.5, 0.6) is 0 Å². The van der Waals surface area contributed by atoms with E-state index in [-0.39, 0.29) is 11.9 Å². The molecule has 4 heteroatoms. The highest BCUT2D eigenvalue weighted by atomic mass is 16.6. The molecular formula is C14H25NO3. The van der Waals surface area contributed by atoms with Crippen LogP contribution in [0, 0.1) is 5.92 Å². The molecule has 4 nitrogen and oxygen atoms in total. The van der Waals surface area contributed by atoms with E-state index in [1.807, 2.05) is 20.8 Å². The monoisotopic (exact) mass is 255 g/mol. The summed E-state index contributed by atoms with van der Waals surface area (Å²) in [6.07, 6.45) is 3.29. The van der Waals surface area contributed by atoms with Gasteiger partial charge in [-0.1, -0.05) is 0 Å². The van der Waals surface area contributed by atoms with Crippen molar-refractivity contribution in [3.8, 4) is 0 Å². The summed E-state index contributed by atoms with van der Waals surface area (Å²) in [5, 5.41) is 0. The number of likely N-dealkylation sites (tertiary alicyclic amines) is 1. The van der Waals surface area contributed by atoms with Crippen LogP contribution >= 0.6 is 0 Å². The Bertz CT molecular complexity index is 307. The summed E-state index contributed by atoms with van der Waals surface area (Å²) in [5.74, 6) is 0.667. The topological polar surface area (TPSA) is 46.6 Å². The molecule has 104 valence electrons. The van der Waals surface area contributed by atoms with Gasteiger partial charge in [0.1, 0.15) is 11.4 Å². The van der Waals surface area contributed by atoms with Gasteiger partial charge in [0, 0.05) is 19.5 Å². The lowest BCUT2D eigenvalue weighted by molar-refractivity contribution is -0.117. The second-order valence-corrected chi connectivity index (χ2v) is 6.17. The van der Waals surface area contributed by atoms with Crippen LogP contribution in [-0.4, -0.2) is 35.5 Å². The maximum atomic E-state index is 11.9. The minimum absolute atomic E-state index is 0.231. The summed E-state index contributed by atoms with van der Waals surface area (Å²) in [6.45, 7) is 8.70. The molecule has 0 aromatic carbocycles. The van der Waals surface area contributed by atoms with Gasteiger partial charge in [-0.2, -0.15) is 0 Å². The van der Waals surface area contributed by atoms with E-state index in [1.54, 1.807) is 11.8 Å². The van der Waals surface area contributed by atoms with Gasteiger partial charge < -0.3 is 14.4 Å². The van der Waals surface area contributed by atoms with E-state index < -0.39 is 5.60 Å². The summed E-state index contributed by atoms with van der Waals surface area (Å²) in [6, 6.07) is 0. The molecular weight excluding hydrogens is 230 g/mol. The van der Waals surface area contributed by atoms with Crippen molar-refractivity contribution in [1.82, 2.24) is 4.90 Å². The van der Waals surface area contributed by atoms with Gasteiger partial charge in [0.2, 0.25) is 0 Å². The van der Waals surface area contributed by atoms with Crippen LogP contribution in [0.4, 0.5) is 4.79 Å². The largest absolute Gasteiger partial charge is 0.444 e. The summed E-state index contributed by atoms with van der Waals surface area (Å²) >= 11 is 0. The standard InChI is InChI=1S/C14H25NO3/c1-11(16)10-12-6-5-8-15(9-7-12)13(17)18-14(2,3)4/h12H,5-10H2,1-4H3. The average molecular weight is 255 g/mol. The van der Waals surface area contributed by atoms with Crippen LogP contribution < -0.4 is 0 Å². The van der Waals surface area contributed by atoms with Crippen molar-refractivity contribution in [2.75, 3.05) is 13.1 Å². The molecule has 0 aromatic rings. The smallest absolute Gasteiger partial charge is 0.410 e. The molecule has 0 radical (unpaired) electrons. The molecule has 1 unspecified atom stereocenters. The van der Waals surface area contributed by atoms with Gasteiger partial charge in [-0.05, 0) is 52.9 Å². The Kier molecular flexibility index (Phi) is 5.17. The average Bonchev–Trinajstić information content (AvgIpc) is 2.39. The Hall–Kier alpha value is -1.06. The molecule has 1 heterocycles. The third-order valence-electron chi connectivity index (χ3n) is 3.08. The lowest BCUT2D eigenvalue weighted by atomic mass is 9.95. The first kappa shape index (κ1) is 15.0. The quantitative estimate of drug-likeness (QED) is 0.762. The Balaban J connectivity index is 2.46. The van der Waals surface area contributed by atoms with Gasteiger partial charge in [0.05, 0.1) is 0 Å². The maximum Gasteiger partial charge on any atom is 0.410 e. The molecule has 0 bridgehead atoms. The van der Waals surface area contributed by atoms with Crippen molar-refractivity contribution >= 4 is 11.9 Å². The maximum absolute atomic E-state index is 11.9. The van der Waals surface area contributed by atoms with E-state index in [4.69, 9.17) is 4.74 Å². The van der Waals surface area contributed by atoms with Gasteiger partial charge in [-0.3, -0.25) is 0 Å². The molecule has 18 heavy (non-hydrogen) atoms. The zero-order valence-electron chi connectivity index (χ0n) is 12.0. The molecule has 1 aliphatic rings. The minimum Gasteiger partial charge on any atom is -0.444 e. The van der Waals surface area contributed by atoms with E-state index in [0.29, 0.717) is 18.9 Å². The first-order valence-electron chi connectivity index (χ1n) is 6.75. The van der Waals surface area contributed by atoms with Crippen LogP contribution in [0.3, 0.4) is 0 Å². The van der Waals surface area contributed by atoms with Gasteiger partial charge in [-0.15, -0.1) is 0 Å². The fourth-order valence-corrected chi connectivity index (χ4v) is 2.29. The molecule has 1 fully saturated rings. The molecule has 1 aliphatic heterocycles. The molecule has 0 aliphatic carbocycles. The fraction of sp³-hybridized carbons (Fsp3) is 0.857. The lowest BCUT2D eigenvalue weighted by Gasteiger charge is -2.26. The normalized spacial score (nSPS) is 21.3. The molecule has 1 rings (SSSR count). The third kappa shape index (κ3) is 5.52. The second kappa shape index (κ2) is 6.21. The van der Waals surface area contributed by atoms with E-state index in [9.17, 15) is 9.59 Å². The second-order valence-electron chi connectivity index (χ2n) is 6.17. The van der Waals surface area contributed by atoms with Gasteiger partial charge in [0.15, 0.2) is 0 Å². The Morgan fingerprint density at radius 1 is 1.22 bits per heavy atom. The van der Waals surface area contributed by atoms with Crippen LogP contribution in [0.15, 0.2) is 0 Å². The Morgan fingerprint density at radius 2 is 1.89 bits per heavy atom. The van der Waals surface area contributed by atoms with Gasteiger partial charge in [-0.25, -0.2) is 4.79 Å². The number of carbonyl (C=O) groups is 2. The highest BCUT2D eigenvalue weighted by molar-refractivity contribution is 5.75. The van der Waals surface area contributed by atoms with Crippen LogP contribution in [-0.2, 0) is 9.53 Å². The summed E-state index contributed by atoms with van der Waals surface area (Å²) in [7, 11) is 0. The molecule has 0 spiro atoms. The van der Waals surface area contributed by atoms with Crippen molar-refractivity contribution in [2.45, 2.75) is 59.0 Å². The number of amides is 1. The van der Waals surface area contributed by atoms with Crippen LogP contribution in [0.2, 0.25) is 0 Å². The summed E-state index contributed by atoms with van der Waals surface area (Å²) in [4.78, 5) is 24.8. The first-order valence-corrected chi connectivity index (χ1v) is 6.75. The first-order chi connectivity index (χ1) is 8.28. The van der Waals surface area contributed by atoms with Crippen molar-refractivity contribution in [3.63, 3.8) is 0 Å². The number of rotatable bonds is 2. The minimum atomic E-state index is -0.442. The van der Waals surface area contributed by atoms with Gasteiger partial charge >= 0.3 is 6.09 Å². The Morgan fingerprint density at radius 3 is 2.44 bits per heavy atom. The van der Waals surface area contributed by atoms with Crippen molar-refractivity contribution in [2.24, 2.45) is 5.92 Å². The molecule has 1 amide bonds. The van der Waals surface area contributed by atoms with E-state index >= 15 is 0 Å².